The van der Waals surface area contributed by atoms with Crippen molar-refractivity contribution in [2.24, 2.45) is 11.8 Å². The Morgan fingerprint density at radius 1 is 1.28 bits per heavy atom. The molecule has 0 radical (unpaired) electrons. The molecule has 0 amide bonds. The Bertz CT molecular complexity index is 427. The van der Waals surface area contributed by atoms with Crippen LogP contribution in [0.2, 0.25) is 0 Å². The van der Waals surface area contributed by atoms with Crippen molar-refractivity contribution in [3.8, 4) is 0 Å². The maximum atomic E-state index is 5.84. The molecule has 2 nitrogen and oxygen atoms in total. The number of rotatable bonds is 3. The maximum Gasteiger partial charge on any atom is 0.0326 e. The van der Waals surface area contributed by atoms with Crippen LogP contribution in [0.4, 0.5) is 5.69 Å². The van der Waals surface area contributed by atoms with E-state index in [4.69, 9.17) is 5.73 Å². The van der Waals surface area contributed by atoms with Gasteiger partial charge in [-0.15, -0.1) is 0 Å². The Morgan fingerprint density at radius 3 is 2.94 bits per heavy atom. The van der Waals surface area contributed by atoms with Gasteiger partial charge in [0.05, 0.1) is 0 Å². The van der Waals surface area contributed by atoms with Crippen molar-refractivity contribution in [3.05, 3.63) is 29.3 Å². The van der Waals surface area contributed by atoms with Crippen molar-refractivity contribution in [1.29, 1.82) is 0 Å². The third kappa shape index (κ3) is 2.39. The number of fused-ring (bicyclic) bond motifs is 1. The Hall–Kier alpha value is -1.02. The number of anilines is 1. The van der Waals surface area contributed by atoms with Crippen LogP contribution < -0.4 is 11.1 Å². The van der Waals surface area contributed by atoms with E-state index in [1.54, 1.807) is 0 Å². The molecule has 1 aromatic carbocycles. The van der Waals surface area contributed by atoms with Gasteiger partial charge in [-0.2, -0.15) is 0 Å². The quantitative estimate of drug-likeness (QED) is 0.801. The fourth-order valence-electron chi connectivity index (χ4n) is 3.67. The van der Waals surface area contributed by atoms with Crippen LogP contribution in [0.1, 0.15) is 49.8 Å². The van der Waals surface area contributed by atoms with Gasteiger partial charge in [0.1, 0.15) is 0 Å². The molecule has 1 saturated carbocycles. The van der Waals surface area contributed by atoms with E-state index in [9.17, 15) is 0 Å². The first-order valence-corrected chi connectivity index (χ1v) is 7.34. The van der Waals surface area contributed by atoms with E-state index >= 15 is 0 Å². The van der Waals surface area contributed by atoms with E-state index in [-0.39, 0.29) is 0 Å². The zero-order chi connectivity index (χ0) is 12.5. The summed E-state index contributed by atoms with van der Waals surface area (Å²) in [5, 5.41) is 3.78. The van der Waals surface area contributed by atoms with E-state index in [0.717, 1.165) is 17.5 Å². The molecule has 0 aliphatic heterocycles. The molecule has 0 aromatic heterocycles. The summed E-state index contributed by atoms with van der Waals surface area (Å²) in [7, 11) is 0. The van der Waals surface area contributed by atoms with E-state index in [1.165, 1.54) is 49.8 Å². The van der Waals surface area contributed by atoms with E-state index in [0.29, 0.717) is 6.04 Å². The Morgan fingerprint density at radius 2 is 2.17 bits per heavy atom. The Kier molecular flexibility index (Phi) is 3.29. The molecule has 2 aliphatic rings. The van der Waals surface area contributed by atoms with Crippen LogP contribution in [0.25, 0.3) is 0 Å². The Labute approximate surface area is 110 Å². The molecule has 0 bridgehead atoms. The highest BCUT2D eigenvalue weighted by atomic mass is 14.9. The highest BCUT2D eigenvalue weighted by molar-refractivity contribution is 5.47. The zero-order valence-corrected chi connectivity index (χ0v) is 11.3. The second kappa shape index (κ2) is 4.93. The van der Waals surface area contributed by atoms with Crippen molar-refractivity contribution < 1.29 is 0 Å². The standard InChI is InChI=1S/C16H24N2/c1-11-2-3-12(8-11)10-18-16-7-4-13-9-14(17)5-6-15(13)16/h5-6,9,11-12,16,18H,2-4,7-8,10,17H2,1H3. The highest BCUT2D eigenvalue weighted by Crippen LogP contribution is 2.34. The molecular formula is C16H24N2. The molecule has 0 heterocycles. The van der Waals surface area contributed by atoms with Crippen LogP contribution in [0.15, 0.2) is 18.2 Å². The van der Waals surface area contributed by atoms with Crippen molar-refractivity contribution in [2.45, 2.75) is 45.1 Å². The van der Waals surface area contributed by atoms with Gasteiger partial charge in [0.2, 0.25) is 0 Å². The molecule has 3 rings (SSSR count). The van der Waals surface area contributed by atoms with Crippen molar-refractivity contribution >= 4 is 5.69 Å². The van der Waals surface area contributed by atoms with Gasteiger partial charge in [0.15, 0.2) is 0 Å². The van der Waals surface area contributed by atoms with Gasteiger partial charge in [-0.05, 0) is 67.3 Å². The predicted molar refractivity (Wildman–Crippen MR) is 76.4 cm³/mol. The lowest BCUT2D eigenvalue weighted by Crippen LogP contribution is -2.25. The molecular weight excluding hydrogens is 220 g/mol. The van der Waals surface area contributed by atoms with E-state index < -0.39 is 0 Å². The molecule has 1 fully saturated rings. The molecule has 3 unspecified atom stereocenters. The van der Waals surface area contributed by atoms with Gasteiger partial charge < -0.3 is 11.1 Å². The molecule has 2 aliphatic carbocycles. The number of benzene rings is 1. The van der Waals surface area contributed by atoms with Crippen LogP contribution in [-0.4, -0.2) is 6.54 Å². The SMILES string of the molecule is CC1CCC(CNC2CCc3cc(N)ccc32)C1. The van der Waals surface area contributed by atoms with Gasteiger partial charge in [-0.1, -0.05) is 19.4 Å². The minimum atomic E-state index is 0.566. The molecule has 2 heteroatoms. The second-order valence-electron chi connectivity index (χ2n) is 6.24. The molecule has 3 atom stereocenters. The summed E-state index contributed by atoms with van der Waals surface area (Å²) in [5.74, 6) is 1.84. The number of aryl methyl sites for hydroxylation is 1. The normalized spacial score (nSPS) is 30.6. The largest absolute Gasteiger partial charge is 0.399 e. The summed E-state index contributed by atoms with van der Waals surface area (Å²) in [6.07, 6.45) is 6.66. The minimum Gasteiger partial charge on any atom is -0.399 e. The molecule has 0 saturated heterocycles. The zero-order valence-electron chi connectivity index (χ0n) is 11.3. The third-order valence-corrected chi connectivity index (χ3v) is 4.70. The summed E-state index contributed by atoms with van der Waals surface area (Å²) < 4.78 is 0. The monoisotopic (exact) mass is 244 g/mol. The molecule has 3 N–H and O–H groups in total. The minimum absolute atomic E-state index is 0.566. The average molecular weight is 244 g/mol. The summed E-state index contributed by atoms with van der Waals surface area (Å²) in [5.41, 5.74) is 9.68. The average Bonchev–Trinajstić information content (AvgIpc) is 2.92. The summed E-state index contributed by atoms with van der Waals surface area (Å²) in [6.45, 7) is 3.58. The lowest BCUT2D eigenvalue weighted by atomic mass is 10.0. The van der Waals surface area contributed by atoms with Crippen molar-refractivity contribution in [2.75, 3.05) is 12.3 Å². The van der Waals surface area contributed by atoms with E-state index in [1.807, 2.05) is 6.07 Å². The summed E-state index contributed by atoms with van der Waals surface area (Å²) >= 11 is 0. The van der Waals surface area contributed by atoms with Crippen LogP contribution in [0.5, 0.6) is 0 Å². The van der Waals surface area contributed by atoms with Gasteiger partial charge in [-0.25, -0.2) is 0 Å². The van der Waals surface area contributed by atoms with E-state index in [2.05, 4.69) is 24.4 Å². The summed E-state index contributed by atoms with van der Waals surface area (Å²) in [4.78, 5) is 0. The fourth-order valence-corrected chi connectivity index (χ4v) is 3.67. The van der Waals surface area contributed by atoms with Crippen molar-refractivity contribution in [1.82, 2.24) is 5.32 Å². The lowest BCUT2D eigenvalue weighted by molar-refractivity contribution is 0.426. The smallest absolute Gasteiger partial charge is 0.0326 e. The molecule has 0 spiro atoms. The fraction of sp³-hybridized carbons (Fsp3) is 0.625. The van der Waals surface area contributed by atoms with Gasteiger partial charge in [0.25, 0.3) is 0 Å². The number of hydrogen-bond acceptors (Lipinski definition) is 2. The van der Waals surface area contributed by atoms with Crippen LogP contribution >= 0.6 is 0 Å². The topological polar surface area (TPSA) is 38.0 Å². The maximum absolute atomic E-state index is 5.84. The Balaban J connectivity index is 1.59. The molecule has 1 aromatic rings. The molecule has 98 valence electrons. The van der Waals surface area contributed by atoms with Gasteiger partial charge >= 0.3 is 0 Å². The number of nitrogen functional groups attached to an aromatic ring is 1. The highest BCUT2D eigenvalue weighted by Gasteiger charge is 2.25. The van der Waals surface area contributed by atoms with Gasteiger partial charge in [0, 0.05) is 11.7 Å². The predicted octanol–water partition coefficient (Wildman–Crippen LogP) is 3.28. The molecule has 18 heavy (non-hydrogen) atoms. The van der Waals surface area contributed by atoms with Crippen molar-refractivity contribution in [3.63, 3.8) is 0 Å². The van der Waals surface area contributed by atoms with Gasteiger partial charge in [-0.3, -0.25) is 0 Å². The lowest BCUT2D eigenvalue weighted by Gasteiger charge is -2.17. The number of nitrogens with one attached hydrogen (secondary N) is 1. The summed E-state index contributed by atoms with van der Waals surface area (Å²) in [6, 6.07) is 6.97. The van der Waals surface area contributed by atoms with Crippen LogP contribution in [0, 0.1) is 11.8 Å². The number of nitrogens with two attached hydrogens (primary N) is 1. The first kappa shape index (κ1) is 12.0. The van der Waals surface area contributed by atoms with Crippen LogP contribution in [0.3, 0.4) is 0 Å². The first-order chi connectivity index (χ1) is 8.72. The first-order valence-electron chi connectivity index (χ1n) is 7.34. The second-order valence-corrected chi connectivity index (χ2v) is 6.24. The van der Waals surface area contributed by atoms with Crippen LogP contribution in [-0.2, 0) is 6.42 Å². The third-order valence-electron chi connectivity index (χ3n) is 4.70. The number of hydrogen-bond donors (Lipinski definition) is 2.